The quantitative estimate of drug-likeness (QED) is 0.664. The fourth-order valence-electron chi connectivity index (χ4n) is 5.43. The van der Waals surface area contributed by atoms with Gasteiger partial charge in [0.1, 0.15) is 12.4 Å². The van der Waals surface area contributed by atoms with Crippen LogP contribution >= 0.6 is 0 Å². The van der Waals surface area contributed by atoms with Gasteiger partial charge in [-0.05, 0) is 86.5 Å². The SMILES string of the molecule is CC/C(=C\F)COc1ccc(C23CCC(C(=O)NC4CCOCC4)(CC2)CC3)cc1. The highest BCUT2D eigenvalue weighted by Crippen LogP contribution is 2.58. The average molecular weight is 416 g/mol. The monoisotopic (exact) mass is 415 g/mol. The van der Waals surface area contributed by atoms with Crippen LogP contribution in [0.25, 0.3) is 0 Å². The molecule has 1 heterocycles. The van der Waals surface area contributed by atoms with E-state index in [9.17, 15) is 9.18 Å². The Labute approximate surface area is 179 Å². The molecule has 3 saturated carbocycles. The second kappa shape index (κ2) is 9.09. The molecule has 4 aliphatic rings. The molecule has 0 aromatic heterocycles. The Balaban J connectivity index is 1.36. The number of amides is 1. The second-order valence-electron chi connectivity index (χ2n) is 9.35. The zero-order valence-corrected chi connectivity index (χ0v) is 18.1. The molecule has 1 aromatic carbocycles. The van der Waals surface area contributed by atoms with Gasteiger partial charge in [-0.2, -0.15) is 0 Å². The van der Waals surface area contributed by atoms with Crippen LogP contribution in [0, 0.1) is 5.41 Å². The van der Waals surface area contributed by atoms with E-state index in [0.29, 0.717) is 24.9 Å². The van der Waals surface area contributed by atoms with Gasteiger partial charge in [0, 0.05) is 24.7 Å². The molecule has 30 heavy (non-hydrogen) atoms. The molecule has 0 radical (unpaired) electrons. The molecule has 4 fully saturated rings. The van der Waals surface area contributed by atoms with E-state index in [1.165, 1.54) is 5.56 Å². The van der Waals surface area contributed by atoms with E-state index in [-0.39, 0.29) is 22.8 Å². The van der Waals surface area contributed by atoms with Crippen molar-refractivity contribution in [2.75, 3.05) is 19.8 Å². The van der Waals surface area contributed by atoms with Crippen molar-refractivity contribution in [3.8, 4) is 5.75 Å². The maximum absolute atomic E-state index is 13.1. The predicted molar refractivity (Wildman–Crippen MR) is 115 cm³/mol. The van der Waals surface area contributed by atoms with Gasteiger partial charge < -0.3 is 14.8 Å². The maximum atomic E-state index is 13.1. The van der Waals surface area contributed by atoms with E-state index in [4.69, 9.17) is 9.47 Å². The Kier molecular flexibility index (Phi) is 6.47. The summed E-state index contributed by atoms with van der Waals surface area (Å²) in [5.74, 6) is 1.05. The maximum Gasteiger partial charge on any atom is 0.226 e. The van der Waals surface area contributed by atoms with Gasteiger partial charge in [0.2, 0.25) is 5.91 Å². The van der Waals surface area contributed by atoms with Gasteiger partial charge in [-0.25, -0.2) is 4.39 Å². The Bertz CT molecular complexity index is 743. The van der Waals surface area contributed by atoms with Crippen molar-refractivity contribution in [1.29, 1.82) is 0 Å². The third kappa shape index (κ3) is 4.27. The summed E-state index contributed by atoms with van der Waals surface area (Å²) < 4.78 is 23.8. The first-order valence-corrected chi connectivity index (χ1v) is 11.5. The molecule has 4 nitrogen and oxygen atoms in total. The molecule has 1 N–H and O–H groups in total. The van der Waals surface area contributed by atoms with Gasteiger partial charge in [-0.1, -0.05) is 19.1 Å². The van der Waals surface area contributed by atoms with E-state index in [0.717, 1.165) is 70.3 Å². The molecule has 1 aliphatic heterocycles. The molecule has 5 heteroatoms. The van der Waals surface area contributed by atoms with E-state index < -0.39 is 0 Å². The molecule has 0 atom stereocenters. The number of rotatable bonds is 7. The summed E-state index contributed by atoms with van der Waals surface area (Å²) in [6.45, 7) is 3.73. The lowest BCUT2D eigenvalue weighted by Crippen LogP contribution is -2.54. The molecule has 1 amide bonds. The summed E-state index contributed by atoms with van der Waals surface area (Å²) >= 11 is 0. The van der Waals surface area contributed by atoms with Gasteiger partial charge in [-0.15, -0.1) is 0 Å². The molecule has 2 bridgehead atoms. The van der Waals surface area contributed by atoms with Gasteiger partial charge in [0.05, 0.1) is 6.33 Å². The molecular formula is C25H34FNO3. The van der Waals surface area contributed by atoms with Crippen molar-refractivity contribution in [3.63, 3.8) is 0 Å². The highest BCUT2D eigenvalue weighted by molar-refractivity contribution is 5.83. The number of fused-ring (bicyclic) bond motifs is 3. The van der Waals surface area contributed by atoms with E-state index in [1.54, 1.807) is 0 Å². The van der Waals surface area contributed by atoms with Crippen LogP contribution in [0.5, 0.6) is 5.75 Å². The highest BCUT2D eigenvalue weighted by atomic mass is 19.1. The number of hydrogen-bond donors (Lipinski definition) is 1. The van der Waals surface area contributed by atoms with Gasteiger partial charge in [0.15, 0.2) is 0 Å². The highest BCUT2D eigenvalue weighted by Gasteiger charge is 2.53. The lowest BCUT2D eigenvalue weighted by atomic mass is 9.51. The van der Waals surface area contributed by atoms with Crippen molar-refractivity contribution in [3.05, 3.63) is 41.7 Å². The van der Waals surface area contributed by atoms with Crippen LogP contribution in [-0.4, -0.2) is 31.8 Å². The first-order chi connectivity index (χ1) is 14.6. The molecule has 0 unspecified atom stereocenters. The van der Waals surface area contributed by atoms with Crippen molar-refractivity contribution in [2.24, 2.45) is 5.41 Å². The number of carbonyl (C=O) groups excluding carboxylic acids is 1. The fraction of sp³-hybridized carbons (Fsp3) is 0.640. The summed E-state index contributed by atoms with van der Waals surface area (Å²) in [4.78, 5) is 13.1. The van der Waals surface area contributed by atoms with Crippen LogP contribution in [-0.2, 0) is 14.9 Å². The Morgan fingerprint density at radius 2 is 1.77 bits per heavy atom. The van der Waals surface area contributed by atoms with Gasteiger partial charge in [0.25, 0.3) is 0 Å². The molecule has 1 aromatic rings. The summed E-state index contributed by atoms with van der Waals surface area (Å²) in [6, 6.07) is 8.62. The predicted octanol–water partition coefficient (Wildman–Crippen LogP) is 5.22. The van der Waals surface area contributed by atoms with Crippen LogP contribution in [0.4, 0.5) is 4.39 Å². The first-order valence-electron chi connectivity index (χ1n) is 11.5. The summed E-state index contributed by atoms with van der Waals surface area (Å²) in [5, 5.41) is 3.33. The van der Waals surface area contributed by atoms with Crippen molar-refractivity contribution in [1.82, 2.24) is 5.32 Å². The molecule has 1 saturated heterocycles. The minimum Gasteiger partial charge on any atom is -0.489 e. The summed E-state index contributed by atoms with van der Waals surface area (Å²) in [6.07, 6.45) is 9.28. The Morgan fingerprint density at radius 3 is 2.33 bits per heavy atom. The van der Waals surface area contributed by atoms with Crippen molar-refractivity contribution in [2.45, 2.75) is 76.2 Å². The van der Waals surface area contributed by atoms with Crippen LogP contribution in [0.15, 0.2) is 36.2 Å². The van der Waals surface area contributed by atoms with Crippen LogP contribution in [0.2, 0.25) is 0 Å². The largest absolute Gasteiger partial charge is 0.489 e. The van der Waals surface area contributed by atoms with E-state index in [2.05, 4.69) is 17.4 Å². The average Bonchev–Trinajstić information content (AvgIpc) is 2.82. The number of nitrogens with one attached hydrogen (secondary N) is 1. The zero-order valence-electron chi connectivity index (χ0n) is 18.1. The Morgan fingerprint density at radius 1 is 1.13 bits per heavy atom. The standard InChI is InChI=1S/C25H34FNO3/c1-2-19(17-26)18-30-22-5-3-20(4-6-22)24-9-12-25(13-10-24,14-11-24)23(28)27-21-7-15-29-16-8-21/h3-6,17,21H,2,7-16,18H2,1H3,(H,27,28)/b19-17+. The number of ether oxygens (including phenoxy) is 2. The second-order valence-corrected chi connectivity index (χ2v) is 9.35. The molecular weight excluding hydrogens is 381 g/mol. The first kappa shape index (κ1) is 21.4. The number of benzene rings is 1. The molecule has 0 spiro atoms. The molecule has 164 valence electrons. The van der Waals surface area contributed by atoms with E-state index >= 15 is 0 Å². The van der Waals surface area contributed by atoms with Crippen LogP contribution in [0.3, 0.4) is 0 Å². The third-order valence-corrected chi connectivity index (χ3v) is 7.78. The van der Waals surface area contributed by atoms with E-state index in [1.807, 2.05) is 19.1 Å². The minimum absolute atomic E-state index is 0.168. The number of hydrogen-bond acceptors (Lipinski definition) is 3. The topological polar surface area (TPSA) is 47.6 Å². The zero-order chi connectivity index (χ0) is 21.0. The van der Waals surface area contributed by atoms with Crippen LogP contribution in [0.1, 0.15) is 70.3 Å². The van der Waals surface area contributed by atoms with Gasteiger partial charge >= 0.3 is 0 Å². The smallest absolute Gasteiger partial charge is 0.226 e. The summed E-state index contributed by atoms with van der Waals surface area (Å²) in [7, 11) is 0. The number of halogens is 1. The Hall–Kier alpha value is -1.88. The lowest BCUT2D eigenvalue weighted by molar-refractivity contribution is -0.139. The molecule has 3 aliphatic carbocycles. The molecule has 5 rings (SSSR count). The fourth-order valence-corrected chi connectivity index (χ4v) is 5.43. The van der Waals surface area contributed by atoms with Crippen molar-refractivity contribution < 1.29 is 18.7 Å². The van der Waals surface area contributed by atoms with Crippen LogP contribution < -0.4 is 10.1 Å². The number of carbonyl (C=O) groups is 1. The normalized spacial score (nSPS) is 29.6. The minimum atomic E-state index is -0.168. The van der Waals surface area contributed by atoms with Gasteiger partial charge in [-0.3, -0.25) is 4.79 Å². The van der Waals surface area contributed by atoms with Crippen molar-refractivity contribution >= 4 is 5.91 Å². The lowest BCUT2D eigenvalue weighted by Gasteiger charge is -2.53. The third-order valence-electron chi connectivity index (χ3n) is 7.78. The summed E-state index contributed by atoms with van der Waals surface area (Å²) in [5.41, 5.74) is 2.03.